The van der Waals surface area contributed by atoms with E-state index in [2.05, 4.69) is 4.74 Å². The minimum atomic E-state index is -2.36. The summed E-state index contributed by atoms with van der Waals surface area (Å²) in [6.07, 6.45) is -5.88. The molecule has 1 rings (SSSR count). The van der Waals surface area contributed by atoms with Gasteiger partial charge in [-0.15, -0.1) is 0 Å². The molecule has 8 heteroatoms. The number of ether oxygens (including phenoxy) is 1. The van der Waals surface area contributed by atoms with E-state index in [-0.39, 0.29) is 19.3 Å². The normalized spacial score (nSPS) is 14.4. The van der Waals surface area contributed by atoms with Gasteiger partial charge in [0.2, 0.25) is 5.82 Å². The van der Waals surface area contributed by atoms with Crippen molar-refractivity contribution in [1.29, 1.82) is 0 Å². The molecule has 0 aliphatic rings. The fourth-order valence-corrected chi connectivity index (χ4v) is 1.63. The van der Waals surface area contributed by atoms with Crippen LogP contribution in [0.25, 0.3) is 0 Å². The number of hydrogen-bond donors (Lipinski definition) is 0. The van der Waals surface area contributed by atoms with Crippen LogP contribution in [-0.2, 0) is 20.9 Å². The Morgan fingerprint density at radius 1 is 0.917 bits per heavy atom. The highest BCUT2D eigenvalue weighted by atomic mass is 19.2. The smallest absolute Gasteiger partial charge is 0.306 e. The second-order valence-corrected chi connectivity index (χ2v) is 4.62. The maximum atomic E-state index is 13.5. The third-order valence-electron chi connectivity index (χ3n) is 2.87. The molecule has 0 amide bonds. The second kappa shape index (κ2) is 10.00. The average molecular weight is 356 g/mol. The van der Waals surface area contributed by atoms with Crippen LogP contribution in [0.3, 0.4) is 0 Å². The Hall–Kier alpha value is -1.99. The summed E-state index contributed by atoms with van der Waals surface area (Å²) in [6.45, 7) is -1.21. The lowest BCUT2D eigenvalue weighted by Gasteiger charge is -2.09. The van der Waals surface area contributed by atoms with Gasteiger partial charge < -0.3 is 9.53 Å². The largest absolute Gasteiger partial charge is 0.461 e. The van der Waals surface area contributed by atoms with Crippen molar-refractivity contribution in [2.24, 2.45) is 0 Å². The van der Waals surface area contributed by atoms with E-state index in [1.807, 2.05) is 0 Å². The van der Waals surface area contributed by atoms with Gasteiger partial charge in [-0.1, -0.05) is 19.2 Å². The topological polar surface area (TPSA) is 43.4 Å². The Bertz CT molecular complexity index is 714. The molecule has 0 saturated carbocycles. The minimum Gasteiger partial charge on any atom is -0.461 e. The lowest BCUT2D eigenvalue weighted by molar-refractivity contribution is -0.145. The fraction of sp³-hybridized carbons (Fsp3) is 0.500. The van der Waals surface area contributed by atoms with Gasteiger partial charge in [0.25, 0.3) is 0 Å². The second-order valence-electron chi connectivity index (χ2n) is 4.62. The number of benzene rings is 1. The molecular formula is C16H17F5O3. The molecule has 0 aliphatic heterocycles. The number of esters is 1. The zero-order chi connectivity index (χ0) is 21.7. The van der Waals surface area contributed by atoms with Crippen LogP contribution in [0.4, 0.5) is 22.0 Å². The quantitative estimate of drug-likeness (QED) is 0.206. The first-order valence-electron chi connectivity index (χ1n) is 8.95. The van der Waals surface area contributed by atoms with E-state index in [1.165, 1.54) is 0 Å². The van der Waals surface area contributed by atoms with E-state index in [4.69, 9.17) is 5.48 Å². The van der Waals surface area contributed by atoms with Crippen LogP contribution in [0, 0.1) is 29.1 Å². The molecule has 0 saturated heterocycles. The van der Waals surface area contributed by atoms with Crippen molar-refractivity contribution >= 4 is 12.3 Å². The van der Waals surface area contributed by atoms with E-state index in [9.17, 15) is 31.5 Å². The Balaban J connectivity index is 2.62. The van der Waals surface area contributed by atoms with Gasteiger partial charge in [0.05, 0.1) is 5.56 Å². The van der Waals surface area contributed by atoms with Crippen molar-refractivity contribution in [1.82, 2.24) is 0 Å². The Labute approximate surface area is 141 Å². The molecule has 0 atom stereocenters. The van der Waals surface area contributed by atoms with E-state index >= 15 is 0 Å². The number of aldehydes is 1. The summed E-state index contributed by atoms with van der Waals surface area (Å²) in [5.41, 5.74) is -1.31. The molecule has 0 aliphatic carbocycles. The van der Waals surface area contributed by atoms with Gasteiger partial charge in [-0.2, -0.15) is 0 Å². The van der Waals surface area contributed by atoms with E-state index in [0.29, 0.717) is 6.29 Å². The van der Waals surface area contributed by atoms with Gasteiger partial charge in [-0.25, -0.2) is 22.0 Å². The molecule has 0 aromatic heterocycles. The molecule has 0 unspecified atom stereocenters. The SMILES string of the molecule is [2H]C([2H])(CCC=O)C([2H])([2H])CCCC(=O)OCc1c(F)c(F)c(F)c(F)c1F. The third kappa shape index (κ3) is 5.58. The average Bonchev–Trinajstić information content (AvgIpc) is 2.62. The van der Waals surface area contributed by atoms with Crippen LogP contribution in [0.5, 0.6) is 0 Å². The molecule has 0 spiro atoms. The van der Waals surface area contributed by atoms with Crippen LogP contribution in [0.2, 0.25) is 0 Å². The molecular weight excluding hydrogens is 335 g/mol. The fourth-order valence-electron chi connectivity index (χ4n) is 1.63. The van der Waals surface area contributed by atoms with Crippen LogP contribution in [-0.4, -0.2) is 12.3 Å². The molecule has 0 heterocycles. The van der Waals surface area contributed by atoms with E-state index < -0.39 is 72.8 Å². The predicted octanol–water partition coefficient (Wildman–Crippen LogP) is 4.35. The van der Waals surface area contributed by atoms with Gasteiger partial charge in [-0.3, -0.25) is 4.79 Å². The van der Waals surface area contributed by atoms with Crippen molar-refractivity contribution in [3.8, 4) is 0 Å². The molecule has 1 aromatic carbocycles. The summed E-state index contributed by atoms with van der Waals surface area (Å²) in [5.74, 6) is -12.0. The molecule has 1 aromatic rings. The Morgan fingerprint density at radius 3 is 2.04 bits per heavy atom. The van der Waals surface area contributed by atoms with Crippen LogP contribution in [0.15, 0.2) is 0 Å². The molecule has 0 radical (unpaired) electrons. The van der Waals surface area contributed by atoms with Crippen molar-refractivity contribution in [2.75, 3.05) is 0 Å². The van der Waals surface area contributed by atoms with E-state index in [1.54, 1.807) is 0 Å². The zero-order valence-electron chi connectivity index (χ0n) is 16.4. The third-order valence-corrected chi connectivity index (χ3v) is 2.87. The molecule has 0 bridgehead atoms. The van der Waals surface area contributed by atoms with Crippen LogP contribution in [0.1, 0.15) is 55.9 Å². The summed E-state index contributed by atoms with van der Waals surface area (Å²) in [6, 6.07) is 0. The lowest BCUT2D eigenvalue weighted by Crippen LogP contribution is -2.11. The molecule has 24 heavy (non-hydrogen) atoms. The monoisotopic (exact) mass is 356 g/mol. The van der Waals surface area contributed by atoms with Crippen molar-refractivity contribution < 1.29 is 41.8 Å². The molecule has 3 nitrogen and oxygen atoms in total. The highest BCUT2D eigenvalue weighted by Crippen LogP contribution is 2.23. The van der Waals surface area contributed by atoms with Gasteiger partial charge in [0.15, 0.2) is 23.3 Å². The zero-order valence-corrected chi connectivity index (χ0v) is 12.4. The Morgan fingerprint density at radius 2 is 1.46 bits per heavy atom. The first-order chi connectivity index (χ1) is 12.9. The number of carbonyl (C=O) groups is 2. The molecule has 0 fully saturated rings. The van der Waals surface area contributed by atoms with Crippen molar-refractivity contribution in [2.45, 2.75) is 51.5 Å². The van der Waals surface area contributed by atoms with Crippen molar-refractivity contribution in [3.63, 3.8) is 0 Å². The first kappa shape index (κ1) is 14.4. The van der Waals surface area contributed by atoms with E-state index in [0.717, 1.165) is 0 Å². The standard InChI is InChI=1S/C16H17F5O3/c17-12-10(13(18)15(20)16(21)14(12)19)9-24-11(23)7-5-3-1-2-4-6-8-22/h8H,1-7,9H2/i1D2,2D2. The first-order valence-corrected chi connectivity index (χ1v) is 6.95. The maximum Gasteiger partial charge on any atom is 0.306 e. The minimum absolute atomic E-state index is 0.184. The van der Waals surface area contributed by atoms with Gasteiger partial charge in [0, 0.05) is 18.3 Å². The predicted molar refractivity (Wildman–Crippen MR) is 74.4 cm³/mol. The summed E-state index contributed by atoms with van der Waals surface area (Å²) < 4.78 is 101. The summed E-state index contributed by atoms with van der Waals surface area (Å²) in [4.78, 5) is 21.9. The van der Waals surface area contributed by atoms with Crippen molar-refractivity contribution in [3.05, 3.63) is 34.6 Å². The maximum absolute atomic E-state index is 13.5. The highest BCUT2D eigenvalue weighted by Gasteiger charge is 2.26. The molecule has 0 N–H and O–H groups in total. The number of carbonyl (C=O) groups excluding carboxylic acids is 2. The van der Waals surface area contributed by atoms with Gasteiger partial charge >= 0.3 is 5.97 Å². The summed E-state index contributed by atoms with van der Waals surface area (Å²) in [5, 5.41) is 0. The Kier molecular flexibility index (Phi) is 5.98. The summed E-state index contributed by atoms with van der Waals surface area (Å²) in [7, 11) is 0. The highest BCUT2D eigenvalue weighted by molar-refractivity contribution is 5.69. The van der Waals surface area contributed by atoms with Crippen LogP contribution < -0.4 is 0 Å². The van der Waals surface area contributed by atoms with Crippen LogP contribution >= 0.6 is 0 Å². The lowest BCUT2D eigenvalue weighted by atomic mass is 10.1. The van der Waals surface area contributed by atoms with Gasteiger partial charge in [-0.05, 0) is 12.8 Å². The molecule has 134 valence electrons. The number of hydrogen-bond acceptors (Lipinski definition) is 3. The number of rotatable bonds is 10. The summed E-state index contributed by atoms with van der Waals surface area (Å²) >= 11 is 0. The van der Waals surface area contributed by atoms with Gasteiger partial charge in [0.1, 0.15) is 12.9 Å². The number of halogens is 5.